The zero-order valence-electron chi connectivity index (χ0n) is 12.2. The number of carbonyl (C=O) groups is 1. The number of hydrogen-bond donors (Lipinski definition) is 0. The molecule has 3 heteroatoms. The van der Waals surface area contributed by atoms with Crippen LogP contribution in [0.5, 0.6) is 0 Å². The number of nitrogens with zero attached hydrogens (tertiary/aromatic N) is 2. The van der Waals surface area contributed by atoms with Gasteiger partial charge >= 0.3 is 0 Å². The average molecular weight is 230 g/mol. The lowest BCUT2D eigenvalue weighted by Crippen LogP contribution is -2.53. The third-order valence-corrected chi connectivity index (χ3v) is 2.78. The monoisotopic (exact) mass is 230 g/mol. The largest absolute Gasteiger partial charge is 0.303 e. The molecule has 0 aromatic carbocycles. The molecule has 1 saturated heterocycles. The number of carbonyl (C=O) groups excluding carboxylic acids is 1. The van der Waals surface area contributed by atoms with Crippen molar-refractivity contribution in [3.05, 3.63) is 0 Å². The van der Waals surface area contributed by atoms with Gasteiger partial charge in [-0.05, 0) is 27.9 Å². The lowest BCUT2D eigenvalue weighted by Gasteiger charge is -2.40. The van der Waals surface area contributed by atoms with Gasteiger partial charge in [-0.15, -0.1) is 0 Å². The van der Waals surface area contributed by atoms with Gasteiger partial charge in [0.25, 0.3) is 0 Å². The van der Waals surface area contributed by atoms with E-state index in [1.165, 1.54) is 13.1 Å². The van der Waals surface area contributed by atoms with Gasteiger partial charge in [-0.25, -0.2) is 0 Å². The quantitative estimate of drug-likeness (QED) is 0.646. The Morgan fingerprint density at radius 2 is 1.31 bits per heavy atom. The summed E-state index contributed by atoms with van der Waals surface area (Å²) >= 11 is 0. The molecule has 0 saturated carbocycles. The van der Waals surface area contributed by atoms with Crippen LogP contribution in [0.15, 0.2) is 0 Å². The Hall–Kier alpha value is -0.410. The lowest BCUT2D eigenvalue weighted by atomic mass is 10.1. The van der Waals surface area contributed by atoms with Crippen LogP contribution in [-0.2, 0) is 4.79 Å². The van der Waals surface area contributed by atoms with Crippen LogP contribution in [0.3, 0.4) is 0 Å². The highest BCUT2D eigenvalue weighted by atomic mass is 16.1. The number of aldehydes is 1. The lowest BCUT2D eigenvalue weighted by molar-refractivity contribution is -0.107. The Morgan fingerprint density at radius 1 is 1.06 bits per heavy atom. The maximum Gasteiger partial charge on any atom is 0.119 e. The van der Waals surface area contributed by atoms with Crippen molar-refractivity contribution >= 4 is 6.29 Å². The molecule has 16 heavy (non-hydrogen) atoms. The molecule has 1 heterocycles. The highest BCUT2D eigenvalue weighted by Crippen LogP contribution is 2.09. The molecule has 0 spiro atoms. The molecule has 1 fully saturated rings. The van der Waals surface area contributed by atoms with E-state index in [-0.39, 0.29) is 0 Å². The van der Waals surface area contributed by atoms with Crippen molar-refractivity contribution in [3.63, 3.8) is 0 Å². The van der Waals surface area contributed by atoms with E-state index < -0.39 is 0 Å². The highest BCUT2D eigenvalue weighted by molar-refractivity contribution is 5.48. The summed E-state index contributed by atoms with van der Waals surface area (Å²) in [6.07, 6.45) is 1.51. The van der Waals surface area contributed by atoms with Crippen molar-refractivity contribution in [1.82, 2.24) is 9.80 Å². The summed E-state index contributed by atoms with van der Waals surface area (Å²) in [6, 6.07) is 1.45. The number of likely N-dealkylation sites (N-methyl/N-ethyl adjacent to an activating group) is 2. The molecule has 0 radical (unpaired) electrons. The fourth-order valence-electron chi connectivity index (χ4n) is 1.47. The van der Waals surface area contributed by atoms with E-state index >= 15 is 0 Å². The molecular formula is C13H30N2O. The second kappa shape index (κ2) is 11.1. The SMILES string of the molecule is CC.CC1CN(C)C(C)CN1C.CCC=O. The number of hydrogen-bond acceptors (Lipinski definition) is 3. The van der Waals surface area contributed by atoms with E-state index in [2.05, 4.69) is 37.7 Å². The molecule has 3 nitrogen and oxygen atoms in total. The molecule has 0 aliphatic carbocycles. The third-order valence-electron chi connectivity index (χ3n) is 2.78. The van der Waals surface area contributed by atoms with Gasteiger partial charge < -0.3 is 14.6 Å². The molecule has 1 rings (SSSR count). The number of rotatable bonds is 1. The molecule has 1 aliphatic rings. The van der Waals surface area contributed by atoms with Crippen molar-refractivity contribution in [2.45, 2.75) is 53.1 Å². The first kappa shape index (κ1) is 18.0. The minimum Gasteiger partial charge on any atom is -0.303 e. The molecule has 0 aromatic heterocycles. The first-order valence-corrected chi connectivity index (χ1v) is 6.37. The van der Waals surface area contributed by atoms with Crippen molar-refractivity contribution < 1.29 is 4.79 Å². The van der Waals surface area contributed by atoms with Gasteiger partial charge in [0.2, 0.25) is 0 Å². The maximum absolute atomic E-state index is 9.17. The standard InChI is InChI=1S/C8H18N2.C3H6O.C2H6/c1-7-5-10(4)8(2)6-9(7)3;1-2-3-4;1-2/h7-8H,5-6H2,1-4H3;3H,2H2,1H3;1-2H3. The first-order valence-electron chi connectivity index (χ1n) is 6.37. The molecule has 2 atom stereocenters. The van der Waals surface area contributed by atoms with Crippen LogP contribution in [0.25, 0.3) is 0 Å². The highest BCUT2D eigenvalue weighted by Gasteiger charge is 2.22. The zero-order chi connectivity index (χ0) is 13.1. The molecule has 0 N–H and O–H groups in total. The molecule has 98 valence electrons. The van der Waals surface area contributed by atoms with Crippen LogP contribution in [-0.4, -0.2) is 55.4 Å². The topological polar surface area (TPSA) is 23.6 Å². The number of piperazine rings is 1. The smallest absolute Gasteiger partial charge is 0.119 e. The van der Waals surface area contributed by atoms with Crippen LogP contribution in [0.1, 0.15) is 41.0 Å². The average Bonchev–Trinajstić information content (AvgIpc) is 2.30. The molecule has 0 aromatic rings. The van der Waals surface area contributed by atoms with Gasteiger partial charge in [0, 0.05) is 31.6 Å². The van der Waals surface area contributed by atoms with Gasteiger partial charge in [0.15, 0.2) is 0 Å². The van der Waals surface area contributed by atoms with Crippen molar-refractivity contribution in [3.8, 4) is 0 Å². The van der Waals surface area contributed by atoms with Crippen LogP contribution in [0, 0.1) is 0 Å². The Labute approximate surface area is 102 Å². The second-order valence-corrected chi connectivity index (χ2v) is 4.15. The van der Waals surface area contributed by atoms with E-state index in [0.29, 0.717) is 6.42 Å². The predicted molar refractivity (Wildman–Crippen MR) is 71.9 cm³/mol. The third kappa shape index (κ3) is 7.83. The maximum atomic E-state index is 9.17. The van der Waals surface area contributed by atoms with Gasteiger partial charge in [0.1, 0.15) is 6.29 Å². The van der Waals surface area contributed by atoms with Crippen molar-refractivity contribution in [1.29, 1.82) is 0 Å². The summed E-state index contributed by atoms with van der Waals surface area (Å²) in [5.74, 6) is 0. The summed E-state index contributed by atoms with van der Waals surface area (Å²) < 4.78 is 0. The molecular weight excluding hydrogens is 200 g/mol. The summed E-state index contributed by atoms with van der Waals surface area (Å²) in [6.45, 7) is 12.8. The van der Waals surface area contributed by atoms with Crippen LogP contribution < -0.4 is 0 Å². The van der Waals surface area contributed by atoms with Crippen molar-refractivity contribution in [2.75, 3.05) is 27.2 Å². The summed E-state index contributed by atoms with van der Waals surface area (Å²) in [7, 11) is 4.41. The van der Waals surface area contributed by atoms with E-state index in [1.807, 2.05) is 20.8 Å². The molecule has 0 bridgehead atoms. The van der Waals surface area contributed by atoms with Gasteiger partial charge in [-0.1, -0.05) is 20.8 Å². The predicted octanol–water partition coefficient (Wildman–Crippen LogP) is 2.26. The summed E-state index contributed by atoms with van der Waals surface area (Å²) in [5, 5.41) is 0. The van der Waals surface area contributed by atoms with E-state index in [9.17, 15) is 4.79 Å². The van der Waals surface area contributed by atoms with Gasteiger partial charge in [0.05, 0.1) is 0 Å². The van der Waals surface area contributed by atoms with E-state index in [1.54, 1.807) is 0 Å². The summed E-state index contributed by atoms with van der Waals surface area (Å²) in [5.41, 5.74) is 0. The van der Waals surface area contributed by atoms with Crippen molar-refractivity contribution in [2.24, 2.45) is 0 Å². The van der Waals surface area contributed by atoms with Gasteiger partial charge in [-0.2, -0.15) is 0 Å². The Kier molecular flexibility index (Phi) is 12.5. The molecule has 2 unspecified atom stereocenters. The van der Waals surface area contributed by atoms with Crippen LogP contribution in [0.4, 0.5) is 0 Å². The second-order valence-electron chi connectivity index (χ2n) is 4.15. The summed E-state index contributed by atoms with van der Waals surface area (Å²) in [4.78, 5) is 14.0. The Bertz CT molecular complexity index is 136. The fourth-order valence-corrected chi connectivity index (χ4v) is 1.47. The van der Waals surface area contributed by atoms with Crippen LogP contribution >= 0.6 is 0 Å². The van der Waals surface area contributed by atoms with Crippen LogP contribution in [0.2, 0.25) is 0 Å². The Morgan fingerprint density at radius 3 is 1.50 bits per heavy atom. The zero-order valence-corrected chi connectivity index (χ0v) is 12.2. The van der Waals surface area contributed by atoms with E-state index in [0.717, 1.165) is 18.4 Å². The molecule has 0 amide bonds. The fraction of sp³-hybridized carbons (Fsp3) is 0.923. The molecule has 1 aliphatic heterocycles. The first-order chi connectivity index (χ1) is 7.52. The van der Waals surface area contributed by atoms with E-state index in [4.69, 9.17) is 0 Å². The van der Waals surface area contributed by atoms with Gasteiger partial charge in [-0.3, -0.25) is 0 Å². The normalized spacial score (nSPS) is 25.9. The Balaban J connectivity index is 0. The minimum atomic E-state index is 0.639. The minimum absolute atomic E-state index is 0.639.